The molecule has 2 aromatic heterocycles. The van der Waals surface area contributed by atoms with E-state index in [9.17, 15) is 4.79 Å². The number of fused-ring (bicyclic) bond motifs is 1. The number of aromatic nitrogens is 2. The van der Waals surface area contributed by atoms with E-state index in [2.05, 4.69) is 20.2 Å². The van der Waals surface area contributed by atoms with Crippen molar-refractivity contribution >= 4 is 50.0 Å². The summed E-state index contributed by atoms with van der Waals surface area (Å²) in [5.41, 5.74) is 2.70. The van der Waals surface area contributed by atoms with Crippen molar-refractivity contribution in [2.75, 3.05) is 23.3 Å². The lowest BCUT2D eigenvalue weighted by atomic mass is 9.97. The van der Waals surface area contributed by atoms with Gasteiger partial charge in [0.15, 0.2) is 5.13 Å². The lowest BCUT2D eigenvalue weighted by molar-refractivity contribution is -0.120. The summed E-state index contributed by atoms with van der Waals surface area (Å²) in [4.78, 5) is 24.9. The molecule has 0 aliphatic carbocycles. The second kappa shape index (κ2) is 7.21. The molecule has 1 aliphatic heterocycles. The highest BCUT2D eigenvalue weighted by molar-refractivity contribution is 7.21. The average Bonchev–Trinajstić information content (AvgIpc) is 3.09. The summed E-state index contributed by atoms with van der Waals surface area (Å²) < 4.78 is 0. The normalized spacial score (nSPS) is 17.5. The minimum absolute atomic E-state index is 0.0410. The molecule has 1 amide bonds. The van der Waals surface area contributed by atoms with Gasteiger partial charge in [-0.1, -0.05) is 29.0 Å². The zero-order chi connectivity index (χ0) is 18.1. The summed E-state index contributed by atoms with van der Waals surface area (Å²) in [6.07, 6.45) is 3.63. The third-order valence-electron chi connectivity index (χ3n) is 4.68. The SMILES string of the molecule is Cc1ccc(Cl)cc1NC(=O)[C@H]1CCCN(c2nc3cccnc3s2)C1. The van der Waals surface area contributed by atoms with Crippen LogP contribution in [0.25, 0.3) is 10.3 Å². The molecule has 1 atom stereocenters. The fourth-order valence-electron chi connectivity index (χ4n) is 3.22. The van der Waals surface area contributed by atoms with Gasteiger partial charge in [-0.15, -0.1) is 0 Å². The first-order valence-corrected chi connectivity index (χ1v) is 9.83. The molecule has 1 aromatic carbocycles. The van der Waals surface area contributed by atoms with E-state index < -0.39 is 0 Å². The van der Waals surface area contributed by atoms with Gasteiger partial charge in [-0.05, 0) is 49.6 Å². The monoisotopic (exact) mass is 386 g/mol. The van der Waals surface area contributed by atoms with Crippen LogP contribution < -0.4 is 10.2 Å². The molecule has 5 nitrogen and oxygen atoms in total. The van der Waals surface area contributed by atoms with Gasteiger partial charge in [0, 0.05) is 30.0 Å². The van der Waals surface area contributed by atoms with Gasteiger partial charge in [-0.3, -0.25) is 4.79 Å². The topological polar surface area (TPSA) is 58.1 Å². The Morgan fingerprint density at radius 1 is 1.38 bits per heavy atom. The largest absolute Gasteiger partial charge is 0.347 e. The van der Waals surface area contributed by atoms with Crippen LogP contribution in [0.15, 0.2) is 36.5 Å². The average molecular weight is 387 g/mol. The fraction of sp³-hybridized carbons (Fsp3) is 0.316. The first-order valence-electron chi connectivity index (χ1n) is 8.63. The molecule has 0 saturated carbocycles. The van der Waals surface area contributed by atoms with Crippen molar-refractivity contribution in [3.63, 3.8) is 0 Å². The fourth-order valence-corrected chi connectivity index (χ4v) is 4.34. The van der Waals surface area contributed by atoms with Crippen LogP contribution in [0.1, 0.15) is 18.4 Å². The first-order chi connectivity index (χ1) is 12.6. The van der Waals surface area contributed by atoms with E-state index in [-0.39, 0.29) is 11.8 Å². The van der Waals surface area contributed by atoms with E-state index in [1.165, 1.54) is 0 Å². The van der Waals surface area contributed by atoms with Gasteiger partial charge in [0.05, 0.1) is 5.92 Å². The van der Waals surface area contributed by atoms with E-state index in [0.717, 1.165) is 46.1 Å². The van der Waals surface area contributed by atoms with E-state index in [1.807, 2.05) is 31.2 Å². The van der Waals surface area contributed by atoms with Crippen LogP contribution in [-0.4, -0.2) is 29.0 Å². The number of benzene rings is 1. The molecule has 0 radical (unpaired) electrons. The van der Waals surface area contributed by atoms with Crippen LogP contribution >= 0.6 is 22.9 Å². The number of carbonyl (C=O) groups is 1. The van der Waals surface area contributed by atoms with Crippen molar-refractivity contribution in [2.24, 2.45) is 5.92 Å². The number of anilines is 2. The van der Waals surface area contributed by atoms with Gasteiger partial charge >= 0.3 is 0 Å². The molecular weight excluding hydrogens is 368 g/mol. The van der Waals surface area contributed by atoms with Gasteiger partial charge < -0.3 is 10.2 Å². The molecule has 0 spiro atoms. The summed E-state index contributed by atoms with van der Waals surface area (Å²) in [5.74, 6) is -0.0265. The lowest BCUT2D eigenvalue weighted by Crippen LogP contribution is -2.40. The maximum Gasteiger partial charge on any atom is 0.229 e. The highest BCUT2D eigenvalue weighted by atomic mass is 35.5. The number of nitrogens with one attached hydrogen (secondary N) is 1. The van der Waals surface area contributed by atoms with Gasteiger partial charge in [-0.25, -0.2) is 9.97 Å². The molecule has 0 unspecified atom stereocenters. The number of piperidine rings is 1. The smallest absolute Gasteiger partial charge is 0.229 e. The molecule has 4 rings (SSSR count). The number of amides is 1. The number of hydrogen-bond donors (Lipinski definition) is 1. The second-order valence-electron chi connectivity index (χ2n) is 6.56. The Morgan fingerprint density at radius 3 is 3.12 bits per heavy atom. The summed E-state index contributed by atoms with van der Waals surface area (Å²) in [6.45, 7) is 3.55. The predicted molar refractivity (Wildman–Crippen MR) is 107 cm³/mol. The Balaban J connectivity index is 1.49. The Kier molecular flexibility index (Phi) is 4.78. The van der Waals surface area contributed by atoms with Crippen LogP contribution in [0.5, 0.6) is 0 Å². The number of hydrogen-bond acceptors (Lipinski definition) is 5. The maximum absolute atomic E-state index is 12.8. The van der Waals surface area contributed by atoms with Crippen LogP contribution in [0.3, 0.4) is 0 Å². The van der Waals surface area contributed by atoms with Crippen LogP contribution in [0, 0.1) is 12.8 Å². The van der Waals surface area contributed by atoms with Crippen LogP contribution in [0.4, 0.5) is 10.8 Å². The van der Waals surface area contributed by atoms with E-state index in [4.69, 9.17) is 11.6 Å². The number of aryl methyl sites for hydroxylation is 1. The van der Waals surface area contributed by atoms with Gasteiger partial charge in [0.1, 0.15) is 10.3 Å². The predicted octanol–water partition coefficient (Wildman–Crippen LogP) is 4.51. The molecule has 1 N–H and O–H groups in total. The third-order valence-corrected chi connectivity index (χ3v) is 5.95. The van der Waals surface area contributed by atoms with Crippen molar-refractivity contribution in [3.05, 3.63) is 47.1 Å². The minimum Gasteiger partial charge on any atom is -0.347 e. The number of carbonyl (C=O) groups excluding carboxylic acids is 1. The molecule has 7 heteroatoms. The summed E-state index contributed by atoms with van der Waals surface area (Å²) >= 11 is 7.64. The molecule has 134 valence electrons. The Morgan fingerprint density at radius 2 is 2.27 bits per heavy atom. The van der Waals surface area contributed by atoms with Gasteiger partial charge in [0.2, 0.25) is 5.91 Å². The molecule has 3 heterocycles. The Bertz CT molecular complexity index is 925. The molecule has 1 aliphatic rings. The quantitative estimate of drug-likeness (QED) is 0.719. The minimum atomic E-state index is -0.0675. The molecule has 1 saturated heterocycles. The molecular formula is C19H19ClN4OS. The van der Waals surface area contributed by atoms with E-state index in [0.29, 0.717) is 11.6 Å². The number of rotatable bonds is 3. The molecule has 26 heavy (non-hydrogen) atoms. The van der Waals surface area contributed by atoms with E-state index in [1.54, 1.807) is 23.6 Å². The van der Waals surface area contributed by atoms with Crippen LogP contribution in [-0.2, 0) is 4.79 Å². The summed E-state index contributed by atoms with van der Waals surface area (Å²) in [7, 11) is 0. The number of thiazole rings is 1. The number of halogens is 1. The van der Waals surface area contributed by atoms with Gasteiger partial charge in [0.25, 0.3) is 0 Å². The zero-order valence-electron chi connectivity index (χ0n) is 14.4. The van der Waals surface area contributed by atoms with Crippen molar-refractivity contribution in [2.45, 2.75) is 19.8 Å². The molecule has 3 aromatic rings. The first kappa shape index (κ1) is 17.2. The highest BCUT2D eigenvalue weighted by Gasteiger charge is 2.28. The van der Waals surface area contributed by atoms with Crippen molar-refractivity contribution in [3.8, 4) is 0 Å². The standard InChI is InChI=1S/C19H19ClN4OS/c1-12-6-7-14(20)10-16(12)22-17(25)13-4-3-9-24(11-13)19-23-15-5-2-8-21-18(15)26-19/h2,5-8,10,13H,3-4,9,11H2,1H3,(H,22,25)/t13-/m0/s1. The maximum atomic E-state index is 12.8. The van der Waals surface area contributed by atoms with Crippen molar-refractivity contribution < 1.29 is 4.79 Å². The number of pyridine rings is 1. The van der Waals surface area contributed by atoms with Crippen molar-refractivity contribution in [1.29, 1.82) is 0 Å². The second-order valence-corrected chi connectivity index (χ2v) is 7.95. The van der Waals surface area contributed by atoms with Crippen molar-refractivity contribution in [1.82, 2.24) is 9.97 Å². The Labute approximate surface area is 161 Å². The third kappa shape index (κ3) is 3.52. The molecule has 1 fully saturated rings. The summed E-state index contributed by atoms with van der Waals surface area (Å²) in [5, 5.41) is 4.60. The Hall–Kier alpha value is -2.18. The van der Waals surface area contributed by atoms with E-state index >= 15 is 0 Å². The van der Waals surface area contributed by atoms with Crippen LogP contribution in [0.2, 0.25) is 5.02 Å². The lowest BCUT2D eigenvalue weighted by Gasteiger charge is -2.31. The molecule has 0 bridgehead atoms. The summed E-state index contributed by atoms with van der Waals surface area (Å²) in [6, 6.07) is 9.41. The zero-order valence-corrected chi connectivity index (χ0v) is 16.0. The van der Waals surface area contributed by atoms with Gasteiger partial charge in [-0.2, -0.15) is 0 Å². The highest BCUT2D eigenvalue weighted by Crippen LogP contribution is 2.31. The number of nitrogens with zero attached hydrogens (tertiary/aromatic N) is 3.